The molecule has 0 aliphatic heterocycles. The highest BCUT2D eigenvalue weighted by Gasteiger charge is 2.32. The van der Waals surface area contributed by atoms with Gasteiger partial charge in [-0.05, 0) is 30.5 Å². The van der Waals surface area contributed by atoms with Crippen LogP contribution >= 0.6 is 11.3 Å². The number of non-ortho nitro benzene ring substituents is 1. The van der Waals surface area contributed by atoms with E-state index in [-0.39, 0.29) is 30.0 Å². The van der Waals surface area contributed by atoms with Crippen molar-refractivity contribution in [2.45, 2.75) is 25.3 Å². The first-order valence-corrected chi connectivity index (χ1v) is 9.95. The zero-order valence-corrected chi connectivity index (χ0v) is 15.9. The predicted octanol–water partition coefficient (Wildman–Crippen LogP) is 4.57. The Morgan fingerprint density at radius 1 is 1.18 bits per heavy atom. The number of thiazole rings is 1. The van der Waals surface area contributed by atoms with Crippen molar-refractivity contribution in [1.29, 1.82) is 0 Å². The molecular formula is C21H19N3O3S. The van der Waals surface area contributed by atoms with Gasteiger partial charge in [0.25, 0.3) is 5.69 Å². The van der Waals surface area contributed by atoms with Crippen molar-refractivity contribution in [3.8, 4) is 0 Å². The quantitative estimate of drug-likeness (QED) is 0.391. The van der Waals surface area contributed by atoms with Gasteiger partial charge in [-0.25, -0.2) is 4.98 Å². The van der Waals surface area contributed by atoms with Crippen LogP contribution in [-0.2, 0) is 11.3 Å². The van der Waals surface area contributed by atoms with Gasteiger partial charge in [0, 0.05) is 24.6 Å². The Hall–Kier alpha value is -3.06. The van der Waals surface area contributed by atoms with Gasteiger partial charge in [-0.15, -0.1) is 11.3 Å². The van der Waals surface area contributed by atoms with Gasteiger partial charge in [-0.1, -0.05) is 36.4 Å². The summed E-state index contributed by atoms with van der Waals surface area (Å²) in [5.41, 5.74) is 1.71. The number of nitrogens with zero attached hydrogens (tertiary/aromatic N) is 2. The average Bonchev–Trinajstić information content (AvgIpc) is 3.16. The van der Waals surface area contributed by atoms with Crippen LogP contribution < -0.4 is 5.32 Å². The van der Waals surface area contributed by atoms with Crippen molar-refractivity contribution in [2.24, 2.45) is 5.92 Å². The number of benzene rings is 2. The van der Waals surface area contributed by atoms with E-state index in [1.807, 2.05) is 30.3 Å². The van der Waals surface area contributed by atoms with Gasteiger partial charge >= 0.3 is 0 Å². The lowest BCUT2D eigenvalue weighted by molar-refractivity contribution is -0.384. The van der Waals surface area contributed by atoms with Gasteiger partial charge in [0.15, 0.2) is 0 Å². The van der Waals surface area contributed by atoms with Crippen LogP contribution in [0.3, 0.4) is 0 Å². The summed E-state index contributed by atoms with van der Waals surface area (Å²) in [6.45, 7) is 0.271. The maximum Gasteiger partial charge on any atom is 0.269 e. The largest absolute Gasteiger partial charge is 0.352 e. The fourth-order valence-corrected chi connectivity index (χ4v) is 4.67. The maximum absolute atomic E-state index is 12.9. The first-order valence-electron chi connectivity index (χ1n) is 9.13. The first kappa shape index (κ1) is 18.3. The van der Waals surface area contributed by atoms with E-state index in [1.165, 1.54) is 12.1 Å². The fourth-order valence-electron chi connectivity index (χ4n) is 3.53. The van der Waals surface area contributed by atoms with Crippen molar-refractivity contribution in [1.82, 2.24) is 10.3 Å². The molecule has 0 bridgehead atoms. The smallest absolute Gasteiger partial charge is 0.269 e. The highest BCUT2D eigenvalue weighted by atomic mass is 32.1. The molecule has 2 aromatic carbocycles. The zero-order valence-electron chi connectivity index (χ0n) is 15.1. The number of rotatable bonds is 5. The molecule has 1 aliphatic carbocycles. The Labute approximate surface area is 166 Å². The van der Waals surface area contributed by atoms with E-state index < -0.39 is 4.92 Å². The predicted molar refractivity (Wildman–Crippen MR) is 109 cm³/mol. The van der Waals surface area contributed by atoms with E-state index in [1.54, 1.807) is 23.5 Å². The normalized spacial score (nSPS) is 18.9. The lowest BCUT2D eigenvalue weighted by atomic mass is 9.82. The van der Waals surface area contributed by atoms with Gasteiger partial charge in [-0.2, -0.15) is 0 Å². The molecule has 6 nitrogen and oxygen atoms in total. The molecule has 0 radical (unpaired) electrons. The number of para-hydroxylation sites is 1. The van der Waals surface area contributed by atoms with E-state index in [9.17, 15) is 14.9 Å². The summed E-state index contributed by atoms with van der Waals surface area (Å²) in [4.78, 5) is 28.1. The monoisotopic (exact) mass is 393 g/mol. The van der Waals surface area contributed by atoms with Crippen molar-refractivity contribution in [3.63, 3.8) is 0 Å². The van der Waals surface area contributed by atoms with Crippen LogP contribution in [0.25, 0.3) is 10.2 Å². The van der Waals surface area contributed by atoms with Crippen molar-refractivity contribution < 1.29 is 9.72 Å². The van der Waals surface area contributed by atoms with Gasteiger partial charge in [0.2, 0.25) is 5.91 Å². The summed E-state index contributed by atoms with van der Waals surface area (Å²) >= 11 is 1.64. The molecule has 0 spiro atoms. The number of amides is 1. The molecule has 1 heterocycles. The van der Waals surface area contributed by atoms with Gasteiger partial charge in [0.05, 0.1) is 26.1 Å². The highest BCUT2D eigenvalue weighted by molar-refractivity contribution is 7.18. The summed E-state index contributed by atoms with van der Waals surface area (Å²) in [5.74, 6) is -0.183. The van der Waals surface area contributed by atoms with Gasteiger partial charge in [0.1, 0.15) is 0 Å². The summed E-state index contributed by atoms with van der Waals surface area (Å²) in [5, 5.41) is 14.9. The first-order chi connectivity index (χ1) is 13.6. The van der Waals surface area contributed by atoms with Crippen LogP contribution in [0.5, 0.6) is 0 Å². The average molecular weight is 393 g/mol. The summed E-state index contributed by atoms with van der Waals surface area (Å²) in [7, 11) is 0. The number of nitro groups is 1. The molecule has 1 aromatic heterocycles. The van der Waals surface area contributed by atoms with Crippen LogP contribution in [0.4, 0.5) is 5.69 Å². The third kappa shape index (κ3) is 3.80. The van der Waals surface area contributed by atoms with Crippen LogP contribution in [0.2, 0.25) is 0 Å². The molecular weight excluding hydrogens is 374 g/mol. The molecule has 0 saturated heterocycles. The van der Waals surface area contributed by atoms with E-state index in [0.717, 1.165) is 21.6 Å². The molecule has 1 aliphatic rings. The minimum Gasteiger partial charge on any atom is -0.352 e. The van der Waals surface area contributed by atoms with Crippen LogP contribution in [-0.4, -0.2) is 15.8 Å². The molecule has 0 fully saturated rings. The minimum atomic E-state index is -0.430. The summed E-state index contributed by atoms with van der Waals surface area (Å²) < 4.78 is 1.13. The second kappa shape index (κ2) is 7.90. The number of allylic oxidation sites excluding steroid dienone is 2. The van der Waals surface area contributed by atoms with Crippen LogP contribution in [0.15, 0.2) is 60.7 Å². The van der Waals surface area contributed by atoms with Crippen LogP contribution in [0.1, 0.15) is 29.3 Å². The third-order valence-electron chi connectivity index (χ3n) is 4.98. The Bertz CT molecular complexity index is 1030. The van der Waals surface area contributed by atoms with Crippen molar-refractivity contribution in [3.05, 3.63) is 81.4 Å². The van der Waals surface area contributed by atoms with E-state index in [2.05, 4.69) is 11.4 Å². The molecule has 2 atom stereocenters. The topological polar surface area (TPSA) is 85.1 Å². The number of hydrogen-bond acceptors (Lipinski definition) is 5. The minimum absolute atomic E-state index is 0.0275. The summed E-state index contributed by atoms with van der Waals surface area (Å²) in [6, 6.07) is 14.3. The molecule has 142 valence electrons. The Balaban J connectivity index is 1.49. The van der Waals surface area contributed by atoms with Crippen molar-refractivity contribution >= 4 is 33.1 Å². The summed E-state index contributed by atoms with van der Waals surface area (Å²) in [6.07, 6.45) is 5.61. The molecule has 1 N–H and O–H groups in total. The van der Waals surface area contributed by atoms with Crippen LogP contribution in [0, 0.1) is 16.0 Å². The second-order valence-corrected chi connectivity index (χ2v) is 7.88. The number of hydrogen-bond donors (Lipinski definition) is 1. The standard InChI is InChI=1S/C21H19N3O3S/c25-20(22-13-14-6-5-7-15(12-14)24(26)27)16-8-1-2-9-17(16)21-23-18-10-3-4-11-19(18)28-21/h1-7,10-12,16-17H,8-9,13H2,(H,22,25). The molecule has 3 aromatic rings. The number of nitro benzene ring substituents is 1. The number of nitrogens with one attached hydrogen (secondary N) is 1. The number of carbonyl (C=O) groups is 1. The highest BCUT2D eigenvalue weighted by Crippen LogP contribution is 2.38. The molecule has 0 saturated carbocycles. The number of aromatic nitrogens is 1. The fraction of sp³-hybridized carbons (Fsp3) is 0.238. The maximum atomic E-state index is 12.9. The van der Waals surface area contributed by atoms with E-state index in [4.69, 9.17) is 4.98 Å². The second-order valence-electron chi connectivity index (χ2n) is 6.82. The Morgan fingerprint density at radius 2 is 2.00 bits per heavy atom. The lowest BCUT2D eigenvalue weighted by Crippen LogP contribution is -2.34. The molecule has 28 heavy (non-hydrogen) atoms. The van der Waals surface area contributed by atoms with Gasteiger partial charge < -0.3 is 5.32 Å². The molecule has 4 rings (SSSR count). The van der Waals surface area contributed by atoms with E-state index >= 15 is 0 Å². The van der Waals surface area contributed by atoms with E-state index in [0.29, 0.717) is 12.0 Å². The third-order valence-corrected chi connectivity index (χ3v) is 6.15. The SMILES string of the molecule is O=C(NCc1cccc([N+](=O)[O-])c1)C1CC=CCC1c1nc2ccccc2s1. The van der Waals surface area contributed by atoms with Crippen molar-refractivity contribution in [2.75, 3.05) is 0 Å². The Morgan fingerprint density at radius 3 is 2.82 bits per heavy atom. The molecule has 2 unspecified atom stereocenters. The van der Waals surface area contributed by atoms with Gasteiger partial charge in [-0.3, -0.25) is 14.9 Å². The lowest BCUT2D eigenvalue weighted by Gasteiger charge is -2.26. The Kier molecular flexibility index (Phi) is 5.16. The molecule has 7 heteroatoms. The number of fused-ring (bicyclic) bond motifs is 1. The zero-order chi connectivity index (χ0) is 19.5. The molecule has 1 amide bonds. The number of carbonyl (C=O) groups excluding carboxylic acids is 1.